The molecule has 2 heterocycles. The largest absolute Gasteiger partial charge is 0.465 e. The molecule has 0 aliphatic carbocycles. The van der Waals surface area contributed by atoms with Crippen LogP contribution < -0.4 is 0 Å². The summed E-state index contributed by atoms with van der Waals surface area (Å²) in [6.07, 6.45) is -0.433. The summed E-state index contributed by atoms with van der Waals surface area (Å²) < 4.78 is 27.5. The first kappa shape index (κ1) is 30.6. The summed E-state index contributed by atoms with van der Waals surface area (Å²) in [7, 11) is -1.00. The molecule has 2 aliphatic heterocycles. The van der Waals surface area contributed by atoms with E-state index in [1.54, 1.807) is 0 Å². The van der Waals surface area contributed by atoms with Crippen molar-refractivity contribution < 1.29 is 18.6 Å². The molecule has 1 unspecified atom stereocenters. The van der Waals surface area contributed by atoms with E-state index in [9.17, 15) is 0 Å². The Morgan fingerprint density at radius 2 is 0.708 bits per heavy atom. The maximum Gasteiger partial charge on any atom is 0.465 e. The van der Waals surface area contributed by atoms with E-state index in [-0.39, 0.29) is 30.2 Å². The smallest absolute Gasteiger partial charge is 0.401 e. The van der Waals surface area contributed by atoms with Gasteiger partial charge >= 0.3 is 14.2 Å². The summed E-state index contributed by atoms with van der Waals surface area (Å²) in [5.41, 5.74) is 7.84. The molecule has 0 saturated carbocycles. The van der Waals surface area contributed by atoms with Crippen LogP contribution in [0.2, 0.25) is 6.32 Å². The number of benzene rings is 6. The first-order chi connectivity index (χ1) is 23.8. The van der Waals surface area contributed by atoms with Gasteiger partial charge in [-0.2, -0.15) is 0 Å². The monoisotopic (exact) mass is 626 g/mol. The third kappa shape index (κ3) is 6.53. The van der Waals surface area contributed by atoms with Crippen molar-refractivity contribution in [1.82, 2.24) is 0 Å². The topological polar surface area (TPSA) is 36.9 Å². The first-order valence-corrected chi connectivity index (χ1v) is 16.8. The molecule has 0 N–H and O–H groups in total. The van der Waals surface area contributed by atoms with E-state index < -0.39 is 14.2 Å². The van der Waals surface area contributed by atoms with E-state index in [0.717, 1.165) is 33.4 Å². The Bertz CT molecular complexity index is 1780. The molecule has 2 aliphatic rings. The van der Waals surface area contributed by atoms with Crippen LogP contribution in [-0.4, -0.2) is 14.2 Å². The molecule has 234 valence electrons. The molecule has 0 spiro atoms. The zero-order valence-electron chi connectivity index (χ0n) is 26.6. The van der Waals surface area contributed by atoms with Crippen LogP contribution in [0.1, 0.15) is 58.1 Å². The first-order valence-electron chi connectivity index (χ1n) is 16.8. The molecule has 0 radical (unpaired) electrons. The lowest BCUT2D eigenvalue weighted by Crippen LogP contribution is -2.31. The van der Waals surface area contributed by atoms with E-state index in [1.165, 1.54) is 5.56 Å². The molecular weight excluding hydrogens is 590 g/mol. The van der Waals surface area contributed by atoms with E-state index in [2.05, 4.69) is 146 Å². The van der Waals surface area contributed by atoms with Crippen molar-refractivity contribution in [2.24, 2.45) is 0 Å². The fraction of sp³-hybridized carbons (Fsp3) is 0.143. The number of hydrogen-bond donors (Lipinski definition) is 0. The van der Waals surface area contributed by atoms with Crippen LogP contribution in [0.5, 0.6) is 0 Å². The Labute approximate surface area is 283 Å². The van der Waals surface area contributed by atoms with E-state index >= 15 is 0 Å². The lowest BCUT2D eigenvalue weighted by Gasteiger charge is -2.21. The molecule has 0 aromatic heterocycles. The van der Waals surface area contributed by atoms with E-state index in [0.29, 0.717) is 6.32 Å². The highest BCUT2D eigenvalue weighted by Gasteiger charge is 2.50. The molecule has 0 bridgehead atoms. The second-order valence-electron chi connectivity index (χ2n) is 12.5. The summed E-state index contributed by atoms with van der Waals surface area (Å²) in [6, 6.07) is 60.7. The molecule has 2 saturated heterocycles. The van der Waals surface area contributed by atoms with Gasteiger partial charge in [-0.05, 0) is 45.3 Å². The van der Waals surface area contributed by atoms with Gasteiger partial charge in [0.05, 0.1) is 24.4 Å². The van der Waals surface area contributed by atoms with E-state index in [4.69, 9.17) is 18.6 Å². The summed E-state index contributed by atoms with van der Waals surface area (Å²) in [4.78, 5) is 0. The van der Waals surface area contributed by atoms with Crippen LogP contribution in [0.3, 0.4) is 0 Å². The molecule has 2 fully saturated rings. The molecule has 6 aromatic rings. The number of hydrogen-bond acceptors (Lipinski definition) is 4. The van der Waals surface area contributed by atoms with Gasteiger partial charge in [-0.3, -0.25) is 0 Å². The van der Waals surface area contributed by atoms with Crippen molar-refractivity contribution in [1.29, 1.82) is 0 Å². The zero-order valence-corrected chi connectivity index (χ0v) is 26.6. The lowest BCUT2D eigenvalue weighted by molar-refractivity contribution is 0.159. The highest BCUT2D eigenvalue weighted by molar-refractivity contribution is 6.53. The summed E-state index contributed by atoms with van der Waals surface area (Å²) in [5, 5.41) is 0. The van der Waals surface area contributed by atoms with Gasteiger partial charge in [-0.25, -0.2) is 0 Å². The normalized spacial score (nSPS) is 21.3. The van der Waals surface area contributed by atoms with Gasteiger partial charge in [0.25, 0.3) is 0 Å². The molecule has 6 heteroatoms. The Morgan fingerprint density at radius 1 is 0.375 bits per heavy atom. The minimum Gasteiger partial charge on any atom is -0.401 e. The number of rotatable bonds is 9. The second-order valence-corrected chi connectivity index (χ2v) is 12.5. The third-order valence-corrected chi connectivity index (χ3v) is 9.44. The second kappa shape index (κ2) is 14.2. The van der Waals surface area contributed by atoms with Crippen LogP contribution in [0.15, 0.2) is 176 Å². The minimum absolute atomic E-state index is 0.161. The van der Waals surface area contributed by atoms with Crippen LogP contribution in [-0.2, 0) is 18.6 Å². The average Bonchev–Trinajstić information content (AvgIpc) is 3.81. The standard InChI is InChI=1S/C42H36B2O4/c1-6-16-31(17-7-1)32-26-28-33(29-27-32)38(44-47-41(36-22-12-4-13-23-36)42(48-44)37-24-14-5-15-25-37)30-43-45-39(34-18-8-2-9-19-34)40(46-43)35-20-10-3-11-21-35/h1-29,38-42H,30H2/t38?,39-,40-,41-,42-/m1/s1. The third-order valence-electron chi connectivity index (χ3n) is 9.44. The van der Waals surface area contributed by atoms with Crippen LogP contribution in [0.25, 0.3) is 11.1 Å². The lowest BCUT2D eigenvalue weighted by atomic mass is 9.58. The van der Waals surface area contributed by atoms with Gasteiger partial charge in [0.1, 0.15) is 0 Å². The predicted octanol–water partition coefficient (Wildman–Crippen LogP) is 10.0. The van der Waals surface area contributed by atoms with E-state index in [1.807, 2.05) is 30.3 Å². The SMILES string of the molecule is c1ccc(-c2ccc(C(CB3O[C@H](c4ccccc4)[C@@H](c4ccccc4)O3)B3O[C@H](c4ccccc4)[C@@H](c4ccccc4)O3)cc2)cc1. The Kier molecular flexibility index (Phi) is 9.05. The average molecular weight is 626 g/mol. The van der Waals surface area contributed by atoms with Crippen LogP contribution in [0, 0.1) is 0 Å². The molecule has 4 nitrogen and oxygen atoms in total. The minimum atomic E-state index is -0.527. The van der Waals surface area contributed by atoms with Crippen molar-refractivity contribution in [3.63, 3.8) is 0 Å². The maximum absolute atomic E-state index is 6.95. The van der Waals surface area contributed by atoms with Crippen LogP contribution in [0.4, 0.5) is 0 Å². The fourth-order valence-corrected chi connectivity index (χ4v) is 7.02. The van der Waals surface area contributed by atoms with Crippen molar-refractivity contribution in [2.45, 2.75) is 36.6 Å². The molecule has 0 amide bonds. The zero-order chi connectivity index (χ0) is 32.1. The maximum atomic E-state index is 6.95. The van der Waals surface area contributed by atoms with Crippen molar-refractivity contribution in [3.05, 3.63) is 204 Å². The van der Waals surface area contributed by atoms with Gasteiger partial charge < -0.3 is 18.6 Å². The van der Waals surface area contributed by atoms with Crippen LogP contribution >= 0.6 is 0 Å². The molecular formula is C42H36B2O4. The Morgan fingerprint density at radius 3 is 1.10 bits per heavy atom. The molecule has 5 atom stereocenters. The van der Waals surface area contributed by atoms with Crippen molar-refractivity contribution >= 4 is 14.2 Å². The summed E-state index contributed by atoms with van der Waals surface area (Å²) in [6.45, 7) is 0. The van der Waals surface area contributed by atoms with Gasteiger partial charge in [-0.1, -0.05) is 176 Å². The van der Waals surface area contributed by atoms with Gasteiger partial charge in [0.15, 0.2) is 0 Å². The molecule has 48 heavy (non-hydrogen) atoms. The Balaban J connectivity index is 1.14. The van der Waals surface area contributed by atoms with Crippen molar-refractivity contribution in [3.8, 4) is 11.1 Å². The van der Waals surface area contributed by atoms with Gasteiger partial charge in [-0.15, -0.1) is 0 Å². The molecule has 6 aromatic carbocycles. The quantitative estimate of drug-likeness (QED) is 0.150. The molecule has 8 rings (SSSR count). The highest BCUT2D eigenvalue weighted by Crippen LogP contribution is 2.48. The van der Waals surface area contributed by atoms with Crippen molar-refractivity contribution in [2.75, 3.05) is 0 Å². The predicted molar refractivity (Wildman–Crippen MR) is 192 cm³/mol. The fourth-order valence-electron chi connectivity index (χ4n) is 7.02. The summed E-state index contributed by atoms with van der Waals surface area (Å²) in [5.74, 6) is -0.161. The summed E-state index contributed by atoms with van der Waals surface area (Å²) >= 11 is 0. The van der Waals surface area contributed by atoms with Gasteiger partial charge in [0.2, 0.25) is 0 Å². The van der Waals surface area contributed by atoms with Gasteiger partial charge in [0, 0.05) is 5.82 Å². The highest BCUT2D eigenvalue weighted by atomic mass is 16.7. The Hall–Kier alpha value is -4.71.